The molecule has 0 spiro atoms. The Balaban J connectivity index is 1.94. The predicted octanol–water partition coefficient (Wildman–Crippen LogP) is 1.83. The number of nitrogens with one attached hydrogen (secondary N) is 1. The summed E-state index contributed by atoms with van der Waals surface area (Å²) in [6, 6.07) is 5.91. The van der Waals surface area contributed by atoms with Crippen molar-refractivity contribution in [3.8, 4) is 0 Å². The lowest BCUT2D eigenvalue weighted by atomic mass is 9.91. The molecule has 1 amide bonds. The van der Waals surface area contributed by atoms with Crippen LogP contribution in [-0.4, -0.2) is 18.0 Å². The fourth-order valence-electron chi connectivity index (χ4n) is 2.23. The van der Waals surface area contributed by atoms with Crippen LogP contribution in [0, 0.1) is 5.82 Å². The van der Waals surface area contributed by atoms with Gasteiger partial charge in [0.25, 0.3) is 5.91 Å². The highest BCUT2D eigenvalue weighted by molar-refractivity contribution is 5.94. The van der Waals surface area contributed by atoms with Gasteiger partial charge < -0.3 is 11.1 Å². The second-order valence-electron chi connectivity index (χ2n) is 4.60. The maximum absolute atomic E-state index is 12.7. The van der Waals surface area contributed by atoms with Crippen LogP contribution < -0.4 is 11.1 Å². The summed E-state index contributed by atoms with van der Waals surface area (Å²) in [4.78, 5) is 11.9. The number of halogens is 1. The quantitative estimate of drug-likeness (QED) is 0.823. The van der Waals surface area contributed by atoms with Gasteiger partial charge in [0.05, 0.1) is 0 Å². The van der Waals surface area contributed by atoms with E-state index in [9.17, 15) is 9.18 Å². The highest BCUT2D eigenvalue weighted by Gasteiger charge is 2.21. The molecule has 1 aliphatic rings. The Morgan fingerprint density at radius 1 is 1.29 bits per heavy atom. The van der Waals surface area contributed by atoms with E-state index in [1.807, 2.05) is 0 Å². The molecule has 1 aromatic rings. The lowest BCUT2D eigenvalue weighted by Crippen LogP contribution is -2.42. The van der Waals surface area contributed by atoms with Gasteiger partial charge in [-0.2, -0.15) is 0 Å². The van der Waals surface area contributed by atoms with Crippen LogP contribution in [0.2, 0.25) is 0 Å². The standard InChI is InChI=1S/C13H17FN2O/c14-10-6-4-9(5-7-10)13(17)16-12-3-1-2-11(15)8-12/h4-7,11-12H,1-3,8,15H2,(H,16,17)/t11-,12+/m0/s1. The fraction of sp³-hybridized carbons (Fsp3) is 0.462. The van der Waals surface area contributed by atoms with E-state index >= 15 is 0 Å². The Bertz CT molecular complexity index is 391. The van der Waals surface area contributed by atoms with Gasteiger partial charge in [-0.15, -0.1) is 0 Å². The van der Waals surface area contributed by atoms with Crippen molar-refractivity contribution in [3.63, 3.8) is 0 Å². The number of carbonyl (C=O) groups excluding carboxylic acids is 1. The summed E-state index contributed by atoms with van der Waals surface area (Å²) in [5, 5.41) is 2.94. The molecule has 1 aliphatic carbocycles. The molecule has 0 aliphatic heterocycles. The van der Waals surface area contributed by atoms with E-state index in [4.69, 9.17) is 5.73 Å². The summed E-state index contributed by atoms with van der Waals surface area (Å²) in [6.07, 6.45) is 3.88. The van der Waals surface area contributed by atoms with Crippen LogP contribution in [0.4, 0.5) is 4.39 Å². The lowest BCUT2D eigenvalue weighted by molar-refractivity contribution is 0.0925. The molecule has 1 fully saturated rings. The normalized spacial score (nSPS) is 24.4. The van der Waals surface area contributed by atoms with E-state index in [2.05, 4.69) is 5.32 Å². The van der Waals surface area contributed by atoms with Crippen LogP contribution in [0.5, 0.6) is 0 Å². The fourth-order valence-corrected chi connectivity index (χ4v) is 2.23. The average molecular weight is 236 g/mol. The number of hydrogen-bond donors (Lipinski definition) is 2. The van der Waals surface area contributed by atoms with Gasteiger partial charge in [0.15, 0.2) is 0 Å². The third kappa shape index (κ3) is 3.27. The molecule has 0 bridgehead atoms. The molecule has 2 rings (SSSR count). The maximum atomic E-state index is 12.7. The van der Waals surface area contributed by atoms with Crippen molar-refractivity contribution in [1.29, 1.82) is 0 Å². The van der Waals surface area contributed by atoms with Gasteiger partial charge in [-0.25, -0.2) is 4.39 Å². The summed E-state index contributed by atoms with van der Waals surface area (Å²) < 4.78 is 12.7. The van der Waals surface area contributed by atoms with Crippen molar-refractivity contribution in [3.05, 3.63) is 35.6 Å². The molecule has 0 saturated heterocycles. The summed E-state index contributed by atoms with van der Waals surface area (Å²) in [5.74, 6) is -0.481. The Kier molecular flexibility index (Phi) is 3.74. The van der Waals surface area contributed by atoms with Crippen molar-refractivity contribution >= 4 is 5.91 Å². The summed E-state index contributed by atoms with van der Waals surface area (Å²) >= 11 is 0. The highest BCUT2D eigenvalue weighted by Crippen LogP contribution is 2.17. The van der Waals surface area contributed by atoms with E-state index in [-0.39, 0.29) is 23.8 Å². The summed E-state index contributed by atoms with van der Waals surface area (Å²) in [6.45, 7) is 0. The molecule has 0 aromatic heterocycles. The molecule has 17 heavy (non-hydrogen) atoms. The topological polar surface area (TPSA) is 55.1 Å². The first-order chi connectivity index (χ1) is 8.15. The Hall–Kier alpha value is -1.42. The summed E-state index contributed by atoms with van der Waals surface area (Å²) in [5.41, 5.74) is 6.35. The van der Waals surface area contributed by atoms with Crippen molar-refractivity contribution in [2.24, 2.45) is 5.73 Å². The number of nitrogens with two attached hydrogens (primary N) is 1. The minimum atomic E-state index is -0.332. The molecule has 92 valence electrons. The Labute approximate surface area is 100 Å². The SMILES string of the molecule is N[C@H]1CCC[C@@H](NC(=O)c2ccc(F)cc2)C1. The molecule has 3 nitrogen and oxygen atoms in total. The van der Waals surface area contributed by atoms with Crippen LogP contribution >= 0.6 is 0 Å². The monoisotopic (exact) mass is 236 g/mol. The number of hydrogen-bond acceptors (Lipinski definition) is 2. The molecular weight excluding hydrogens is 219 g/mol. The van der Waals surface area contributed by atoms with E-state index in [1.54, 1.807) is 0 Å². The van der Waals surface area contributed by atoms with Gasteiger partial charge in [0.2, 0.25) is 0 Å². The largest absolute Gasteiger partial charge is 0.349 e. The molecule has 0 unspecified atom stereocenters. The van der Waals surface area contributed by atoms with Crippen molar-refractivity contribution in [1.82, 2.24) is 5.32 Å². The zero-order valence-corrected chi connectivity index (χ0v) is 9.66. The van der Waals surface area contributed by atoms with Crippen molar-refractivity contribution in [2.75, 3.05) is 0 Å². The van der Waals surface area contributed by atoms with E-state index in [0.29, 0.717) is 5.56 Å². The van der Waals surface area contributed by atoms with Crippen LogP contribution in [-0.2, 0) is 0 Å². The Morgan fingerprint density at radius 2 is 2.00 bits per heavy atom. The smallest absolute Gasteiger partial charge is 0.251 e. The van der Waals surface area contributed by atoms with Gasteiger partial charge in [-0.1, -0.05) is 0 Å². The second-order valence-corrected chi connectivity index (χ2v) is 4.60. The van der Waals surface area contributed by atoms with E-state index < -0.39 is 0 Å². The third-order valence-electron chi connectivity index (χ3n) is 3.16. The van der Waals surface area contributed by atoms with Crippen LogP contribution in [0.15, 0.2) is 24.3 Å². The van der Waals surface area contributed by atoms with Crippen molar-refractivity contribution < 1.29 is 9.18 Å². The van der Waals surface area contributed by atoms with E-state index in [1.165, 1.54) is 24.3 Å². The zero-order chi connectivity index (χ0) is 12.3. The minimum Gasteiger partial charge on any atom is -0.349 e. The molecule has 1 saturated carbocycles. The number of rotatable bonds is 2. The first-order valence-corrected chi connectivity index (χ1v) is 5.97. The van der Waals surface area contributed by atoms with Gasteiger partial charge in [-0.3, -0.25) is 4.79 Å². The van der Waals surface area contributed by atoms with Gasteiger partial charge in [0.1, 0.15) is 5.82 Å². The predicted molar refractivity (Wildman–Crippen MR) is 64.1 cm³/mol. The highest BCUT2D eigenvalue weighted by atomic mass is 19.1. The van der Waals surface area contributed by atoms with Crippen LogP contribution in [0.1, 0.15) is 36.0 Å². The molecule has 0 radical (unpaired) electrons. The van der Waals surface area contributed by atoms with Gasteiger partial charge in [0, 0.05) is 17.6 Å². The third-order valence-corrected chi connectivity index (χ3v) is 3.16. The molecular formula is C13H17FN2O. The average Bonchev–Trinajstić information content (AvgIpc) is 2.29. The van der Waals surface area contributed by atoms with Crippen molar-refractivity contribution in [2.45, 2.75) is 37.8 Å². The minimum absolute atomic E-state index is 0.149. The maximum Gasteiger partial charge on any atom is 0.251 e. The molecule has 3 N–H and O–H groups in total. The van der Waals surface area contributed by atoms with Gasteiger partial charge in [-0.05, 0) is 49.9 Å². The van der Waals surface area contributed by atoms with E-state index in [0.717, 1.165) is 25.7 Å². The van der Waals surface area contributed by atoms with Crippen LogP contribution in [0.3, 0.4) is 0 Å². The lowest BCUT2D eigenvalue weighted by Gasteiger charge is -2.27. The van der Waals surface area contributed by atoms with Crippen LogP contribution in [0.25, 0.3) is 0 Å². The summed E-state index contributed by atoms with van der Waals surface area (Å²) in [7, 11) is 0. The number of carbonyl (C=O) groups is 1. The number of amides is 1. The number of benzene rings is 1. The second kappa shape index (κ2) is 5.27. The zero-order valence-electron chi connectivity index (χ0n) is 9.66. The molecule has 2 atom stereocenters. The molecule has 1 aromatic carbocycles. The first-order valence-electron chi connectivity index (χ1n) is 5.97. The molecule has 4 heteroatoms. The Morgan fingerprint density at radius 3 is 2.65 bits per heavy atom. The van der Waals surface area contributed by atoms with Gasteiger partial charge >= 0.3 is 0 Å². The first kappa shape index (κ1) is 12.0. The molecule has 0 heterocycles.